The molecule has 9 heteroatoms. The highest BCUT2D eigenvalue weighted by molar-refractivity contribution is 5.83. The van der Waals surface area contributed by atoms with E-state index in [9.17, 15) is 30.0 Å². The normalized spacial score (nSPS) is 35.9. The number of aliphatic hydroxyl groups excluding tert-OH is 4. The molecule has 1 fully saturated rings. The van der Waals surface area contributed by atoms with Gasteiger partial charge in [0.2, 0.25) is 11.7 Å². The minimum absolute atomic E-state index is 0.494. The maximum absolute atomic E-state index is 11.4. The SMILES string of the molecule is CC(=O)N[C@H]1[C@H]([C@H](O)[C@H](O)CO)O[C@](O)(C(C)=O)C[C@@H]1O. The van der Waals surface area contributed by atoms with Crippen molar-refractivity contribution >= 4 is 11.7 Å². The third-order valence-corrected chi connectivity index (χ3v) is 3.42. The molecule has 0 radical (unpaired) electrons. The van der Waals surface area contributed by atoms with Gasteiger partial charge in [-0.2, -0.15) is 0 Å². The van der Waals surface area contributed by atoms with Crippen molar-refractivity contribution in [2.75, 3.05) is 6.61 Å². The Morgan fingerprint density at radius 1 is 1.38 bits per heavy atom. The van der Waals surface area contributed by atoms with Gasteiger partial charge in [-0.1, -0.05) is 0 Å². The van der Waals surface area contributed by atoms with Crippen molar-refractivity contribution in [1.82, 2.24) is 5.32 Å². The van der Waals surface area contributed by atoms with Crippen LogP contribution in [0.2, 0.25) is 0 Å². The molecule has 0 aliphatic carbocycles. The van der Waals surface area contributed by atoms with Crippen LogP contribution in [-0.2, 0) is 14.3 Å². The molecule has 122 valence electrons. The van der Waals surface area contributed by atoms with E-state index in [0.717, 1.165) is 6.92 Å². The van der Waals surface area contributed by atoms with Crippen LogP contribution >= 0.6 is 0 Å². The first-order valence-corrected chi connectivity index (χ1v) is 6.45. The summed E-state index contributed by atoms with van der Waals surface area (Å²) in [7, 11) is 0. The van der Waals surface area contributed by atoms with Gasteiger partial charge in [0, 0.05) is 20.3 Å². The fraction of sp³-hybridized carbons (Fsp3) is 0.833. The van der Waals surface area contributed by atoms with Crippen LogP contribution < -0.4 is 5.32 Å². The molecule has 6 atom stereocenters. The highest BCUT2D eigenvalue weighted by Gasteiger charge is 2.52. The molecular weight excluding hydrogens is 286 g/mol. The zero-order chi connectivity index (χ0) is 16.4. The number of Topliss-reactive ketones (excluding diaryl/α,β-unsaturated/α-hetero) is 1. The molecule has 1 aliphatic heterocycles. The first kappa shape index (κ1) is 18.0. The summed E-state index contributed by atoms with van der Waals surface area (Å²) in [6.45, 7) is 1.41. The third kappa shape index (κ3) is 3.96. The lowest BCUT2D eigenvalue weighted by Crippen LogP contribution is -2.67. The minimum atomic E-state index is -2.34. The molecule has 9 nitrogen and oxygen atoms in total. The lowest BCUT2D eigenvalue weighted by molar-refractivity contribution is -0.285. The molecule has 0 unspecified atom stereocenters. The molecule has 0 aromatic heterocycles. The molecule has 0 spiro atoms. The Balaban J connectivity index is 3.07. The molecule has 1 saturated heterocycles. The summed E-state index contributed by atoms with van der Waals surface area (Å²) >= 11 is 0. The van der Waals surface area contributed by atoms with E-state index >= 15 is 0 Å². The van der Waals surface area contributed by atoms with Crippen LogP contribution in [0.4, 0.5) is 0 Å². The highest BCUT2D eigenvalue weighted by atomic mass is 16.6. The van der Waals surface area contributed by atoms with Gasteiger partial charge in [0.25, 0.3) is 0 Å². The van der Waals surface area contributed by atoms with Crippen LogP contribution in [0.3, 0.4) is 0 Å². The molecule has 6 N–H and O–H groups in total. The Morgan fingerprint density at radius 2 is 1.95 bits per heavy atom. The lowest BCUT2D eigenvalue weighted by atomic mass is 9.87. The fourth-order valence-electron chi connectivity index (χ4n) is 2.22. The topological polar surface area (TPSA) is 157 Å². The maximum atomic E-state index is 11.4. The summed E-state index contributed by atoms with van der Waals surface area (Å²) in [5, 5.41) is 50.7. The summed E-state index contributed by atoms with van der Waals surface area (Å²) < 4.78 is 5.11. The monoisotopic (exact) mass is 307 g/mol. The number of ketones is 1. The van der Waals surface area contributed by atoms with Crippen LogP contribution in [-0.4, -0.2) is 80.1 Å². The number of carbonyl (C=O) groups is 2. The largest absolute Gasteiger partial charge is 0.394 e. The zero-order valence-corrected chi connectivity index (χ0v) is 11.8. The Hall–Kier alpha value is -1.10. The molecule has 1 heterocycles. The number of aliphatic hydroxyl groups is 5. The summed E-state index contributed by atoms with van der Waals surface area (Å²) in [5.74, 6) is -3.67. The fourth-order valence-corrected chi connectivity index (χ4v) is 2.22. The van der Waals surface area contributed by atoms with Gasteiger partial charge in [0.05, 0.1) is 18.8 Å². The van der Waals surface area contributed by atoms with Gasteiger partial charge >= 0.3 is 0 Å². The molecule has 21 heavy (non-hydrogen) atoms. The van der Waals surface area contributed by atoms with Crippen LogP contribution in [0.5, 0.6) is 0 Å². The Morgan fingerprint density at radius 3 is 2.38 bits per heavy atom. The number of nitrogens with one attached hydrogen (secondary N) is 1. The van der Waals surface area contributed by atoms with Crippen molar-refractivity contribution < 1.29 is 39.9 Å². The molecule has 1 amide bonds. The molecular formula is C12H21NO8. The number of ether oxygens (including phenoxy) is 1. The van der Waals surface area contributed by atoms with Crippen LogP contribution in [0.15, 0.2) is 0 Å². The van der Waals surface area contributed by atoms with Gasteiger partial charge < -0.3 is 35.6 Å². The third-order valence-electron chi connectivity index (χ3n) is 3.42. The number of rotatable bonds is 5. The van der Waals surface area contributed by atoms with E-state index in [1.165, 1.54) is 6.92 Å². The van der Waals surface area contributed by atoms with E-state index in [0.29, 0.717) is 0 Å². The number of carbonyl (C=O) groups excluding carboxylic acids is 2. The predicted molar refractivity (Wildman–Crippen MR) is 67.8 cm³/mol. The summed E-state index contributed by atoms with van der Waals surface area (Å²) in [5.41, 5.74) is 0. The van der Waals surface area contributed by atoms with Gasteiger partial charge in [-0.25, -0.2) is 0 Å². The van der Waals surface area contributed by atoms with Crippen LogP contribution in [0, 0.1) is 0 Å². The van der Waals surface area contributed by atoms with E-state index < -0.39 is 61.0 Å². The van der Waals surface area contributed by atoms with E-state index in [4.69, 9.17) is 9.84 Å². The van der Waals surface area contributed by atoms with E-state index in [2.05, 4.69) is 5.32 Å². The summed E-state index contributed by atoms with van der Waals surface area (Å²) in [6.07, 6.45) is -6.72. The average molecular weight is 307 g/mol. The predicted octanol–water partition coefficient (Wildman–Crippen LogP) is -3.37. The molecule has 0 aromatic carbocycles. The Labute approximate surface area is 121 Å². The molecule has 1 aliphatic rings. The Kier molecular flexibility index (Phi) is 5.79. The second kappa shape index (κ2) is 6.77. The van der Waals surface area contributed by atoms with E-state index in [1.54, 1.807) is 0 Å². The molecule has 1 rings (SSSR count). The van der Waals surface area contributed by atoms with Crippen molar-refractivity contribution in [3.05, 3.63) is 0 Å². The van der Waals surface area contributed by atoms with Crippen molar-refractivity contribution in [3.63, 3.8) is 0 Å². The first-order chi connectivity index (χ1) is 9.62. The summed E-state index contributed by atoms with van der Waals surface area (Å²) in [4.78, 5) is 22.6. The second-order valence-corrected chi connectivity index (χ2v) is 5.16. The van der Waals surface area contributed by atoms with Gasteiger partial charge in [0.1, 0.15) is 18.3 Å². The zero-order valence-electron chi connectivity index (χ0n) is 11.8. The van der Waals surface area contributed by atoms with Crippen molar-refractivity contribution in [1.29, 1.82) is 0 Å². The van der Waals surface area contributed by atoms with E-state index in [-0.39, 0.29) is 0 Å². The number of hydrogen-bond donors (Lipinski definition) is 6. The Bertz CT molecular complexity index is 403. The maximum Gasteiger partial charge on any atom is 0.229 e. The summed E-state index contributed by atoms with van der Waals surface area (Å²) in [6, 6.07) is -1.15. The molecule has 0 aromatic rings. The molecule has 0 bridgehead atoms. The standard InChI is InChI=1S/C12H21NO8/c1-5(15)12(20)3-7(17)9(13-6(2)16)11(21-12)10(19)8(18)4-14/h7-11,14,17-20H,3-4H2,1-2H3,(H,13,16)/t7-,8+,9+,10+,11+,12-/m0/s1. The van der Waals surface area contributed by atoms with Gasteiger partial charge in [-0.15, -0.1) is 0 Å². The van der Waals surface area contributed by atoms with Crippen molar-refractivity contribution in [2.45, 2.75) is 56.5 Å². The number of hydrogen-bond acceptors (Lipinski definition) is 8. The number of amides is 1. The van der Waals surface area contributed by atoms with Crippen LogP contribution in [0.1, 0.15) is 20.3 Å². The van der Waals surface area contributed by atoms with Crippen molar-refractivity contribution in [3.8, 4) is 0 Å². The smallest absolute Gasteiger partial charge is 0.229 e. The van der Waals surface area contributed by atoms with Gasteiger partial charge in [0.15, 0.2) is 5.78 Å². The second-order valence-electron chi connectivity index (χ2n) is 5.16. The highest BCUT2D eigenvalue weighted by Crippen LogP contribution is 2.30. The van der Waals surface area contributed by atoms with Gasteiger partial charge in [-0.05, 0) is 0 Å². The lowest BCUT2D eigenvalue weighted by Gasteiger charge is -2.45. The molecule has 0 saturated carbocycles. The quantitative estimate of drug-likeness (QED) is 0.307. The van der Waals surface area contributed by atoms with Gasteiger partial charge in [-0.3, -0.25) is 9.59 Å². The first-order valence-electron chi connectivity index (χ1n) is 6.45. The van der Waals surface area contributed by atoms with Crippen molar-refractivity contribution in [2.24, 2.45) is 0 Å². The minimum Gasteiger partial charge on any atom is -0.394 e. The van der Waals surface area contributed by atoms with E-state index in [1.807, 2.05) is 0 Å². The average Bonchev–Trinajstić information content (AvgIpc) is 2.39. The van der Waals surface area contributed by atoms with Crippen LogP contribution in [0.25, 0.3) is 0 Å².